The predicted octanol–water partition coefficient (Wildman–Crippen LogP) is 5.61. The second kappa shape index (κ2) is 9.60. The van der Waals surface area contributed by atoms with Gasteiger partial charge in [0.05, 0.1) is 5.75 Å². The highest BCUT2D eigenvalue weighted by atomic mass is 35.5. The van der Waals surface area contributed by atoms with Crippen LogP contribution in [0.5, 0.6) is 0 Å². The summed E-state index contributed by atoms with van der Waals surface area (Å²) < 4.78 is 0.729. The largest absolute Gasteiger partial charge is 0.351 e. The number of rotatable bonds is 7. The average Bonchev–Trinajstić information content (AvgIpc) is 3.10. The molecule has 2 aromatic carbocycles. The van der Waals surface area contributed by atoms with Crippen molar-refractivity contribution < 1.29 is 4.79 Å². The van der Waals surface area contributed by atoms with Crippen LogP contribution in [-0.2, 0) is 11.3 Å². The molecule has 0 aliphatic heterocycles. The Bertz CT molecular complexity index is 994. The average molecular weight is 453 g/mol. The number of carbonyl (C=O) groups excluding carboxylic acids is 1. The van der Waals surface area contributed by atoms with Gasteiger partial charge in [-0.3, -0.25) is 4.79 Å². The lowest BCUT2D eigenvalue weighted by Crippen LogP contribution is -2.24. The van der Waals surface area contributed by atoms with E-state index in [0.717, 1.165) is 15.6 Å². The first-order valence-corrected chi connectivity index (χ1v) is 11.0. The lowest BCUT2D eigenvalue weighted by Gasteiger charge is -2.08. The third-order valence-corrected chi connectivity index (χ3v) is 6.63. The van der Waals surface area contributed by atoms with Crippen LogP contribution in [0.4, 0.5) is 10.8 Å². The maximum atomic E-state index is 12.1. The van der Waals surface area contributed by atoms with Crippen molar-refractivity contribution in [3.63, 3.8) is 0 Å². The van der Waals surface area contributed by atoms with Gasteiger partial charge in [0, 0.05) is 22.3 Å². The van der Waals surface area contributed by atoms with Gasteiger partial charge >= 0.3 is 0 Å². The number of benzene rings is 2. The van der Waals surface area contributed by atoms with E-state index >= 15 is 0 Å². The molecule has 1 heterocycles. The van der Waals surface area contributed by atoms with Gasteiger partial charge in [0.15, 0.2) is 4.34 Å². The topological polar surface area (TPSA) is 66.9 Å². The van der Waals surface area contributed by atoms with Gasteiger partial charge < -0.3 is 10.6 Å². The Labute approximate surface area is 181 Å². The van der Waals surface area contributed by atoms with Crippen molar-refractivity contribution in [2.45, 2.75) is 24.7 Å². The van der Waals surface area contributed by atoms with E-state index in [4.69, 9.17) is 23.2 Å². The van der Waals surface area contributed by atoms with E-state index in [1.807, 2.05) is 12.1 Å². The van der Waals surface area contributed by atoms with Crippen LogP contribution in [-0.4, -0.2) is 21.9 Å². The van der Waals surface area contributed by atoms with Crippen LogP contribution in [0, 0.1) is 13.8 Å². The van der Waals surface area contributed by atoms with Crippen molar-refractivity contribution in [1.82, 2.24) is 15.5 Å². The molecule has 0 aliphatic carbocycles. The van der Waals surface area contributed by atoms with Crippen LogP contribution >= 0.6 is 46.3 Å². The van der Waals surface area contributed by atoms with E-state index in [1.54, 1.807) is 18.2 Å². The zero-order valence-electron chi connectivity index (χ0n) is 15.3. The zero-order valence-corrected chi connectivity index (χ0v) is 18.4. The summed E-state index contributed by atoms with van der Waals surface area (Å²) in [6.07, 6.45) is 0. The number of thioether (sulfide) groups is 1. The summed E-state index contributed by atoms with van der Waals surface area (Å²) in [5.74, 6) is 0.152. The van der Waals surface area contributed by atoms with Gasteiger partial charge in [-0.2, -0.15) is 0 Å². The van der Waals surface area contributed by atoms with Crippen LogP contribution in [0.2, 0.25) is 10.0 Å². The van der Waals surface area contributed by atoms with Crippen molar-refractivity contribution >= 4 is 63.0 Å². The third kappa shape index (κ3) is 5.61. The van der Waals surface area contributed by atoms with E-state index < -0.39 is 0 Å². The molecule has 9 heteroatoms. The summed E-state index contributed by atoms with van der Waals surface area (Å²) in [6.45, 7) is 4.48. The number of nitrogens with zero attached hydrogens (tertiary/aromatic N) is 2. The Balaban J connectivity index is 1.50. The number of anilines is 2. The normalized spacial score (nSPS) is 10.7. The molecule has 146 valence electrons. The smallest absolute Gasteiger partial charge is 0.230 e. The molecule has 0 unspecified atom stereocenters. The quantitative estimate of drug-likeness (QED) is 0.455. The van der Waals surface area contributed by atoms with Gasteiger partial charge in [0.1, 0.15) is 0 Å². The van der Waals surface area contributed by atoms with Crippen LogP contribution in [0.15, 0.2) is 40.7 Å². The van der Waals surface area contributed by atoms with Crippen molar-refractivity contribution in [2.24, 2.45) is 0 Å². The first-order valence-electron chi connectivity index (χ1n) is 8.42. The summed E-state index contributed by atoms with van der Waals surface area (Å²) in [6, 6.07) is 11.3. The second-order valence-corrected chi connectivity index (χ2v) is 9.09. The number of hydrogen-bond donors (Lipinski definition) is 2. The molecule has 0 saturated heterocycles. The maximum Gasteiger partial charge on any atom is 0.230 e. The lowest BCUT2D eigenvalue weighted by atomic mass is 10.1. The van der Waals surface area contributed by atoms with E-state index in [2.05, 4.69) is 40.7 Å². The molecule has 0 atom stereocenters. The first kappa shape index (κ1) is 20.9. The molecule has 3 aromatic rings. The minimum absolute atomic E-state index is 0.102. The molecule has 1 aromatic heterocycles. The molecule has 0 fully saturated rings. The number of amides is 1. The summed E-state index contributed by atoms with van der Waals surface area (Å²) in [5, 5.41) is 16.2. The van der Waals surface area contributed by atoms with Crippen molar-refractivity contribution in [3.05, 3.63) is 63.1 Å². The number of hydrogen-bond acceptors (Lipinski definition) is 6. The highest BCUT2D eigenvalue weighted by Gasteiger charge is 2.10. The fraction of sp³-hybridized carbons (Fsp3) is 0.211. The van der Waals surface area contributed by atoms with E-state index in [9.17, 15) is 4.79 Å². The number of aryl methyl sites for hydroxylation is 1. The van der Waals surface area contributed by atoms with E-state index in [0.29, 0.717) is 21.7 Å². The summed E-state index contributed by atoms with van der Waals surface area (Å²) in [7, 11) is 0. The predicted molar refractivity (Wildman–Crippen MR) is 118 cm³/mol. The highest BCUT2D eigenvalue weighted by molar-refractivity contribution is 8.01. The zero-order chi connectivity index (χ0) is 20.1. The summed E-state index contributed by atoms with van der Waals surface area (Å²) in [4.78, 5) is 12.1. The SMILES string of the molecule is Cc1cccc(Nc2nnc(SCC(=O)NCc3ccc(Cl)cc3Cl)s2)c1C. The summed E-state index contributed by atoms with van der Waals surface area (Å²) >= 11 is 14.8. The minimum atomic E-state index is -0.102. The molecular weight excluding hydrogens is 435 g/mol. The Morgan fingerprint density at radius 2 is 2.00 bits per heavy atom. The van der Waals surface area contributed by atoms with Crippen molar-refractivity contribution in [2.75, 3.05) is 11.1 Å². The molecule has 0 bridgehead atoms. The maximum absolute atomic E-state index is 12.1. The van der Waals surface area contributed by atoms with E-state index in [1.165, 1.54) is 34.2 Å². The van der Waals surface area contributed by atoms with Gasteiger partial charge in [-0.05, 0) is 48.7 Å². The molecule has 0 radical (unpaired) electrons. The molecular formula is C19H18Cl2N4OS2. The van der Waals surface area contributed by atoms with Crippen molar-refractivity contribution in [3.8, 4) is 0 Å². The Hall–Kier alpha value is -1.80. The Morgan fingerprint density at radius 3 is 2.79 bits per heavy atom. The molecule has 28 heavy (non-hydrogen) atoms. The van der Waals surface area contributed by atoms with Gasteiger partial charge in [-0.25, -0.2) is 0 Å². The standard InChI is InChI=1S/C19H18Cl2N4OS2/c1-11-4-3-5-16(12(11)2)23-18-24-25-19(28-18)27-10-17(26)22-9-13-6-7-14(20)8-15(13)21/h3-8H,9-10H2,1-2H3,(H,22,26)(H,23,24). The number of halogens is 2. The minimum Gasteiger partial charge on any atom is -0.351 e. The van der Waals surface area contributed by atoms with Crippen LogP contribution < -0.4 is 10.6 Å². The van der Waals surface area contributed by atoms with Gasteiger partial charge in [-0.1, -0.05) is 64.5 Å². The van der Waals surface area contributed by atoms with Crippen LogP contribution in [0.25, 0.3) is 0 Å². The fourth-order valence-corrected chi connectivity index (χ4v) is 4.43. The number of carbonyl (C=O) groups is 1. The molecule has 0 aliphatic rings. The van der Waals surface area contributed by atoms with Gasteiger partial charge in [-0.15, -0.1) is 10.2 Å². The van der Waals surface area contributed by atoms with Crippen LogP contribution in [0.3, 0.4) is 0 Å². The molecule has 3 rings (SSSR count). The molecule has 2 N–H and O–H groups in total. The molecule has 1 amide bonds. The lowest BCUT2D eigenvalue weighted by molar-refractivity contribution is -0.118. The van der Waals surface area contributed by atoms with Gasteiger partial charge in [0.2, 0.25) is 11.0 Å². The van der Waals surface area contributed by atoms with Crippen LogP contribution in [0.1, 0.15) is 16.7 Å². The number of nitrogens with one attached hydrogen (secondary N) is 2. The molecule has 5 nitrogen and oxygen atoms in total. The Kier molecular flexibility index (Phi) is 7.18. The van der Waals surface area contributed by atoms with Gasteiger partial charge in [0.25, 0.3) is 0 Å². The third-order valence-electron chi connectivity index (χ3n) is 4.07. The fourth-order valence-electron chi connectivity index (χ4n) is 2.36. The monoisotopic (exact) mass is 452 g/mol. The summed E-state index contributed by atoms with van der Waals surface area (Å²) in [5.41, 5.74) is 4.21. The Morgan fingerprint density at radius 1 is 1.18 bits per heavy atom. The van der Waals surface area contributed by atoms with Crippen molar-refractivity contribution in [1.29, 1.82) is 0 Å². The molecule has 0 spiro atoms. The van der Waals surface area contributed by atoms with E-state index in [-0.39, 0.29) is 11.7 Å². The highest BCUT2D eigenvalue weighted by Crippen LogP contribution is 2.29. The molecule has 0 saturated carbocycles. The number of aromatic nitrogens is 2. The second-order valence-electron chi connectivity index (χ2n) is 6.05. The first-order chi connectivity index (χ1) is 13.4.